The fraction of sp³-hybridized carbons (Fsp3) is 0.227. The van der Waals surface area contributed by atoms with Gasteiger partial charge in [0.25, 0.3) is 0 Å². The number of hydrogen-bond donors (Lipinski definition) is 3. The molecule has 0 bridgehead atoms. The number of carbonyl (C=O) groups is 1. The Morgan fingerprint density at radius 1 is 1.11 bits per heavy atom. The molecule has 0 saturated carbocycles. The maximum Gasteiger partial charge on any atom is 0.319 e. The minimum atomic E-state index is -0.208. The maximum absolute atomic E-state index is 12.4. The number of anilines is 1. The molecule has 0 fully saturated rings. The summed E-state index contributed by atoms with van der Waals surface area (Å²) in [7, 11) is 0. The van der Waals surface area contributed by atoms with Crippen LogP contribution < -0.4 is 15.5 Å². The molecule has 28 heavy (non-hydrogen) atoms. The molecule has 144 valence electrons. The molecule has 4 rings (SSSR count). The smallest absolute Gasteiger partial charge is 0.319 e. The Kier molecular flexibility index (Phi) is 5.95. The Balaban J connectivity index is 1.43. The lowest BCUT2D eigenvalue weighted by Crippen LogP contribution is -3.12. The van der Waals surface area contributed by atoms with E-state index >= 15 is 0 Å². The first-order valence-corrected chi connectivity index (χ1v) is 10.7. The van der Waals surface area contributed by atoms with Crippen molar-refractivity contribution >= 4 is 34.7 Å². The molecule has 0 saturated heterocycles. The van der Waals surface area contributed by atoms with Crippen LogP contribution in [-0.4, -0.2) is 19.1 Å². The van der Waals surface area contributed by atoms with E-state index in [1.165, 1.54) is 20.9 Å². The van der Waals surface area contributed by atoms with Gasteiger partial charge in [0.15, 0.2) is 0 Å². The van der Waals surface area contributed by atoms with Gasteiger partial charge < -0.3 is 15.5 Å². The van der Waals surface area contributed by atoms with E-state index in [2.05, 4.69) is 52.4 Å². The van der Waals surface area contributed by atoms with E-state index in [-0.39, 0.29) is 12.1 Å². The molecule has 1 aliphatic rings. The highest BCUT2D eigenvalue weighted by molar-refractivity contribution is 7.10. The van der Waals surface area contributed by atoms with E-state index in [0.29, 0.717) is 17.3 Å². The number of fused-ring (bicyclic) bond motifs is 1. The van der Waals surface area contributed by atoms with Crippen LogP contribution in [0.2, 0.25) is 5.02 Å². The SMILES string of the molecule is O=C(NC[C@H](c1cccs1)[NH+]1CCc2ccccc2C1)Nc1cccc(Cl)c1. The molecule has 0 aliphatic carbocycles. The molecule has 0 spiro atoms. The lowest BCUT2D eigenvalue weighted by atomic mass is 9.98. The molecule has 1 unspecified atom stereocenters. The molecule has 6 heteroatoms. The highest BCUT2D eigenvalue weighted by atomic mass is 35.5. The zero-order valence-electron chi connectivity index (χ0n) is 15.5. The van der Waals surface area contributed by atoms with Crippen LogP contribution in [0.15, 0.2) is 66.0 Å². The van der Waals surface area contributed by atoms with Crippen LogP contribution in [0.4, 0.5) is 10.5 Å². The fourth-order valence-corrected chi connectivity index (χ4v) is 4.85. The second kappa shape index (κ2) is 8.78. The van der Waals surface area contributed by atoms with Crippen LogP contribution in [0, 0.1) is 0 Å². The summed E-state index contributed by atoms with van der Waals surface area (Å²) in [5.74, 6) is 0. The number of rotatable bonds is 5. The number of quaternary nitrogens is 1. The molecule has 3 N–H and O–H groups in total. The van der Waals surface area contributed by atoms with Gasteiger partial charge in [0.05, 0.1) is 18.0 Å². The number of thiophene rings is 1. The number of urea groups is 1. The summed E-state index contributed by atoms with van der Waals surface area (Å²) in [6.07, 6.45) is 1.07. The largest absolute Gasteiger partial charge is 0.331 e. The van der Waals surface area contributed by atoms with Crippen molar-refractivity contribution in [2.45, 2.75) is 19.0 Å². The average molecular weight is 413 g/mol. The zero-order chi connectivity index (χ0) is 19.3. The van der Waals surface area contributed by atoms with E-state index in [1.54, 1.807) is 23.5 Å². The Morgan fingerprint density at radius 2 is 1.96 bits per heavy atom. The van der Waals surface area contributed by atoms with Crippen molar-refractivity contribution in [1.82, 2.24) is 5.32 Å². The zero-order valence-corrected chi connectivity index (χ0v) is 17.0. The Morgan fingerprint density at radius 3 is 2.75 bits per heavy atom. The van der Waals surface area contributed by atoms with Gasteiger partial charge in [0.2, 0.25) is 0 Å². The van der Waals surface area contributed by atoms with E-state index in [0.717, 1.165) is 19.5 Å². The van der Waals surface area contributed by atoms with Gasteiger partial charge in [0, 0.05) is 22.7 Å². The Bertz CT molecular complexity index is 944. The first-order valence-electron chi connectivity index (χ1n) is 9.44. The molecule has 1 aliphatic heterocycles. The molecule has 3 aromatic rings. The Hall–Kier alpha value is -2.34. The van der Waals surface area contributed by atoms with Crippen LogP contribution in [0.1, 0.15) is 22.0 Å². The van der Waals surface area contributed by atoms with Crippen LogP contribution in [-0.2, 0) is 13.0 Å². The van der Waals surface area contributed by atoms with Gasteiger partial charge in [-0.15, -0.1) is 11.3 Å². The van der Waals surface area contributed by atoms with Crippen LogP contribution >= 0.6 is 22.9 Å². The molecule has 2 amide bonds. The van der Waals surface area contributed by atoms with Crippen LogP contribution in [0.25, 0.3) is 0 Å². The first-order chi connectivity index (χ1) is 13.7. The quantitative estimate of drug-likeness (QED) is 0.584. The van der Waals surface area contributed by atoms with Crippen molar-refractivity contribution in [2.24, 2.45) is 0 Å². The molecule has 2 heterocycles. The second-order valence-electron chi connectivity index (χ2n) is 7.02. The highest BCUT2D eigenvalue weighted by Crippen LogP contribution is 2.19. The van der Waals surface area contributed by atoms with Gasteiger partial charge in [-0.25, -0.2) is 4.79 Å². The topological polar surface area (TPSA) is 45.6 Å². The normalized spacial score (nSPS) is 16.8. The van der Waals surface area contributed by atoms with E-state index in [9.17, 15) is 4.79 Å². The summed E-state index contributed by atoms with van der Waals surface area (Å²) in [4.78, 5) is 15.2. The van der Waals surface area contributed by atoms with Crippen molar-refractivity contribution in [3.05, 3.63) is 87.1 Å². The van der Waals surface area contributed by atoms with Crippen molar-refractivity contribution < 1.29 is 9.69 Å². The minimum Gasteiger partial charge on any atom is -0.331 e. The third kappa shape index (κ3) is 4.55. The van der Waals surface area contributed by atoms with E-state index in [1.807, 2.05) is 12.1 Å². The van der Waals surface area contributed by atoms with Gasteiger partial charge in [-0.2, -0.15) is 0 Å². The predicted octanol–water partition coefficient (Wildman–Crippen LogP) is 3.91. The van der Waals surface area contributed by atoms with Crippen molar-refractivity contribution in [1.29, 1.82) is 0 Å². The van der Waals surface area contributed by atoms with E-state index < -0.39 is 0 Å². The molecule has 4 nitrogen and oxygen atoms in total. The third-order valence-corrected chi connectivity index (χ3v) is 6.40. The lowest BCUT2D eigenvalue weighted by Gasteiger charge is -2.32. The number of hydrogen-bond acceptors (Lipinski definition) is 2. The van der Waals surface area contributed by atoms with Crippen molar-refractivity contribution in [2.75, 3.05) is 18.4 Å². The standard InChI is InChI=1S/C22H22ClN3OS/c23-18-7-3-8-19(13-18)25-22(27)24-14-20(21-9-4-12-28-21)26-11-10-16-5-1-2-6-17(16)15-26/h1-9,12-13,20H,10-11,14-15H2,(H2,24,25,27)/p+1/t20-/m1/s1. The second-order valence-corrected chi connectivity index (χ2v) is 8.43. The van der Waals surface area contributed by atoms with Crippen molar-refractivity contribution in [3.8, 4) is 0 Å². The molecule has 0 radical (unpaired) electrons. The van der Waals surface area contributed by atoms with E-state index in [4.69, 9.17) is 11.6 Å². The van der Waals surface area contributed by atoms with Crippen LogP contribution in [0.5, 0.6) is 0 Å². The number of nitrogens with one attached hydrogen (secondary N) is 3. The Labute approximate surface area is 174 Å². The minimum absolute atomic E-state index is 0.208. The molecular weight excluding hydrogens is 390 g/mol. The fourth-order valence-electron chi connectivity index (χ4n) is 3.77. The van der Waals surface area contributed by atoms with Gasteiger partial charge in [0.1, 0.15) is 12.6 Å². The average Bonchev–Trinajstić information content (AvgIpc) is 3.22. The highest BCUT2D eigenvalue weighted by Gasteiger charge is 2.29. The van der Waals surface area contributed by atoms with Crippen LogP contribution in [0.3, 0.4) is 0 Å². The summed E-state index contributed by atoms with van der Waals surface area (Å²) in [6.45, 7) is 2.64. The summed E-state index contributed by atoms with van der Waals surface area (Å²) in [5.41, 5.74) is 3.55. The summed E-state index contributed by atoms with van der Waals surface area (Å²) in [6, 6.07) is 20.1. The summed E-state index contributed by atoms with van der Waals surface area (Å²) in [5, 5.41) is 8.62. The number of amides is 2. The summed E-state index contributed by atoms with van der Waals surface area (Å²) >= 11 is 7.75. The summed E-state index contributed by atoms with van der Waals surface area (Å²) < 4.78 is 0. The van der Waals surface area contributed by atoms with Gasteiger partial charge >= 0.3 is 6.03 Å². The first kappa shape index (κ1) is 19.0. The monoisotopic (exact) mass is 412 g/mol. The molecular formula is C22H23ClN3OS+. The van der Waals surface area contributed by atoms with Gasteiger partial charge in [-0.1, -0.05) is 48.0 Å². The van der Waals surface area contributed by atoms with Gasteiger partial charge in [-0.3, -0.25) is 0 Å². The predicted molar refractivity (Wildman–Crippen MR) is 115 cm³/mol. The molecule has 1 aromatic heterocycles. The third-order valence-electron chi connectivity index (χ3n) is 5.18. The molecule has 2 atom stereocenters. The maximum atomic E-state index is 12.4. The van der Waals surface area contributed by atoms with Gasteiger partial charge in [-0.05, 0) is 35.2 Å². The van der Waals surface area contributed by atoms with Crippen molar-refractivity contribution in [3.63, 3.8) is 0 Å². The number of carbonyl (C=O) groups excluding carboxylic acids is 1. The lowest BCUT2D eigenvalue weighted by molar-refractivity contribution is -0.945. The molecule has 2 aromatic carbocycles. The number of halogens is 1. The number of benzene rings is 2.